The average Bonchev–Trinajstić information content (AvgIpc) is 2.16. The Morgan fingerprint density at radius 2 is 2.15 bits per heavy atom. The largest absolute Gasteiger partial charge is 0.396 e. The van der Waals surface area contributed by atoms with Gasteiger partial charge in [0.25, 0.3) is 0 Å². The van der Waals surface area contributed by atoms with E-state index in [-0.39, 0.29) is 6.61 Å². The maximum atomic E-state index is 8.76. The van der Waals surface area contributed by atoms with E-state index in [0.717, 1.165) is 19.5 Å². The Morgan fingerprint density at radius 3 is 2.77 bits per heavy atom. The van der Waals surface area contributed by atoms with Crippen molar-refractivity contribution in [2.75, 3.05) is 19.7 Å². The third-order valence-electron chi connectivity index (χ3n) is 2.07. The molecule has 0 aliphatic heterocycles. The van der Waals surface area contributed by atoms with Gasteiger partial charge in [0, 0.05) is 6.61 Å². The SMILES string of the molecule is C=CCCCCCNCC(C)CO. The minimum Gasteiger partial charge on any atom is -0.396 e. The molecule has 1 atom stereocenters. The molecule has 0 saturated heterocycles. The van der Waals surface area contributed by atoms with Crippen molar-refractivity contribution in [2.45, 2.75) is 32.6 Å². The van der Waals surface area contributed by atoms with Crippen LogP contribution in [-0.2, 0) is 0 Å². The molecule has 13 heavy (non-hydrogen) atoms. The second-order valence-corrected chi connectivity index (χ2v) is 3.63. The molecule has 2 nitrogen and oxygen atoms in total. The molecule has 0 amide bonds. The van der Waals surface area contributed by atoms with E-state index in [2.05, 4.69) is 11.9 Å². The molecule has 0 aromatic heterocycles. The summed E-state index contributed by atoms with van der Waals surface area (Å²) in [7, 11) is 0. The van der Waals surface area contributed by atoms with Crippen molar-refractivity contribution in [3.63, 3.8) is 0 Å². The van der Waals surface area contributed by atoms with Crippen LogP contribution in [0.5, 0.6) is 0 Å². The standard InChI is InChI=1S/C11H23NO/c1-3-4-5-6-7-8-12-9-11(2)10-13/h3,11-13H,1,4-10H2,2H3. The van der Waals surface area contributed by atoms with Gasteiger partial charge < -0.3 is 10.4 Å². The Bertz CT molecular complexity index is 115. The highest BCUT2D eigenvalue weighted by Gasteiger charge is 1.97. The van der Waals surface area contributed by atoms with Gasteiger partial charge in [0.15, 0.2) is 0 Å². The fourth-order valence-electron chi connectivity index (χ4n) is 1.13. The van der Waals surface area contributed by atoms with Gasteiger partial charge in [-0.2, -0.15) is 0 Å². The van der Waals surface area contributed by atoms with E-state index in [4.69, 9.17) is 5.11 Å². The lowest BCUT2D eigenvalue weighted by Crippen LogP contribution is -2.24. The van der Waals surface area contributed by atoms with Crippen LogP contribution in [-0.4, -0.2) is 24.8 Å². The zero-order valence-corrected chi connectivity index (χ0v) is 8.76. The lowest BCUT2D eigenvalue weighted by Gasteiger charge is -2.08. The van der Waals surface area contributed by atoms with Gasteiger partial charge in [-0.05, 0) is 38.3 Å². The fraction of sp³-hybridized carbons (Fsp3) is 0.818. The van der Waals surface area contributed by atoms with Crippen LogP contribution in [0.2, 0.25) is 0 Å². The molecular formula is C11H23NO. The molecule has 0 spiro atoms. The smallest absolute Gasteiger partial charge is 0.0468 e. The molecule has 0 rings (SSSR count). The van der Waals surface area contributed by atoms with Crippen LogP contribution in [0.1, 0.15) is 32.6 Å². The monoisotopic (exact) mass is 185 g/mol. The molecule has 0 bridgehead atoms. The lowest BCUT2D eigenvalue weighted by molar-refractivity contribution is 0.234. The fourth-order valence-corrected chi connectivity index (χ4v) is 1.13. The summed E-state index contributed by atoms with van der Waals surface area (Å²) >= 11 is 0. The Morgan fingerprint density at radius 1 is 1.38 bits per heavy atom. The first-order valence-electron chi connectivity index (χ1n) is 5.23. The Kier molecular flexibility index (Phi) is 9.49. The van der Waals surface area contributed by atoms with Gasteiger partial charge >= 0.3 is 0 Å². The second-order valence-electron chi connectivity index (χ2n) is 3.63. The van der Waals surface area contributed by atoms with Gasteiger partial charge in [-0.15, -0.1) is 6.58 Å². The molecule has 0 aromatic rings. The zero-order valence-electron chi connectivity index (χ0n) is 8.76. The van der Waals surface area contributed by atoms with Gasteiger partial charge in [0.1, 0.15) is 0 Å². The normalized spacial score (nSPS) is 12.8. The van der Waals surface area contributed by atoms with E-state index < -0.39 is 0 Å². The average molecular weight is 185 g/mol. The Labute approximate surface area is 82.0 Å². The van der Waals surface area contributed by atoms with Crippen LogP contribution in [0.25, 0.3) is 0 Å². The molecule has 0 aliphatic rings. The third kappa shape index (κ3) is 9.57. The van der Waals surface area contributed by atoms with E-state index in [9.17, 15) is 0 Å². The minimum absolute atomic E-state index is 0.281. The molecular weight excluding hydrogens is 162 g/mol. The second kappa shape index (κ2) is 9.75. The number of aliphatic hydroxyl groups excluding tert-OH is 1. The summed E-state index contributed by atoms with van der Waals surface area (Å²) in [6.45, 7) is 8.01. The van der Waals surface area contributed by atoms with Crippen LogP contribution in [0, 0.1) is 5.92 Å². The van der Waals surface area contributed by atoms with Crippen LogP contribution in [0.4, 0.5) is 0 Å². The summed E-state index contributed by atoms with van der Waals surface area (Å²) in [5, 5.41) is 12.1. The first-order valence-corrected chi connectivity index (χ1v) is 5.23. The predicted octanol–water partition coefficient (Wildman–Crippen LogP) is 1.95. The van der Waals surface area contributed by atoms with Gasteiger partial charge in [0.05, 0.1) is 0 Å². The van der Waals surface area contributed by atoms with Crippen molar-refractivity contribution in [3.05, 3.63) is 12.7 Å². The van der Waals surface area contributed by atoms with Gasteiger partial charge in [-0.25, -0.2) is 0 Å². The van der Waals surface area contributed by atoms with E-state index in [1.807, 2.05) is 13.0 Å². The van der Waals surface area contributed by atoms with Crippen LogP contribution in [0.3, 0.4) is 0 Å². The lowest BCUT2D eigenvalue weighted by atomic mass is 10.2. The summed E-state index contributed by atoms with van der Waals surface area (Å²) in [5.41, 5.74) is 0. The number of hydrogen-bond acceptors (Lipinski definition) is 2. The highest BCUT2D eigenvalue weighted by atomic mass is 16.3. The number of aliphatic hydroxyl groups is 1. The van der Waals surface area contributed by atoms with Gasteiger partial charge in [-0.1, -0.05) is 19.4 Å². The predicted molar refractivity (Wildman–Crippen MR) is 57.8 cm³/mol. The van der Waals surface area contributed by atoms with E-state index in [1.165, 1.54) is 19.3 Å². The Balaban J connectivity index is 2.95. The quantitative estimate of drug-likeness (QED) is 0.425. The number of nitrogens with one attached hydrogen (secondary N) is 1. The number of unbranched alkanes of at least 4 members (excludes halogenated alkanes) is 3. The molecule has 78 valence electrons. The molecule has 0 saturated carbocycles. The highest BCUT2D eigenvalue weighted by molar-refractivity contribution is 4.65. The maximum Gasteiger partial charge on any atom is 0.0468 e. The molecule has 0 aromatic carbocycles. The van der Waals surface area contributed by atoms with Crippen molar-refractivity contribution in [1.82, 2.24) is 5.32 Å². The molecule has 2 heteroatoms. The molecule has 0 fully saturated rings. The molecule has 2 N–H and O–H groups in total. The van der Waals surface area contributed by atoms with E-state index in [0.29, 0.717) is 5.92 Å². The number of rotatable bonds is 9. The van der Waals surface area contributed by atoms with Gasteiger partial charge in [0.2, 0.25) is 0 Å². The minimum atomic E-state index is 0.281. The van der Waals surface area contributed by atoms with Crippen molar-refractivity contribution in [2.24, 2.45) is 5.92 Å². The van der Waals surface area contributed by atoms with Crippen molar-refractivity contribution in [1.29, 1.82) is 0 Å². The van der Waals surface area contributed by atoms with E-state index in [1.54, 1.807) is 0 Å². The highest BCUT2D eigenvalue weighted by Crippen LogP contribution is 1.99. The summed E-state index contributed by atoms with van der Waals surface area (Å²) in [6, 6.07) is 0. The molecule has 0 radical (unpaired) electrons. The zero-order chi connectivity index (χ0) is 9.94. The maximum absolute atomic E-state index is 8.76. The van der Waals surface area contributed by atoms with E-state index >= 15 is 0 Å². The first-order chi connectivity index (χ1) is 6.31. The number of hydrogen-bond donors (Lipinski definition) is 2. The summed E-state index contributed by atoms with van der Waals surface area (Å²) in [4.78, 5) is 0. The van der Waals surface area contributed by atoms with Crippen molar-refractivity contribution in [3.8, 4) is 0 Å². The third-order valence-corrected chi connectivity index (χ3v) is 2.07. The summed E-state index contributed by atoms with van der Waals surface area (Å²) < 4.78 is 0. The molecule has 0 aliphatic carbocycles. The number of allylic oxidation sites excluding steroid dienone is 1. The Hall–Kier alpha value is -0.340. The van der Waals surface area contributed by atoms with Crippen LogP contribution < -0.4 is 5.32 Å². The van der Waals surface area contributed by atoms with Crippen LogP contribution in [0.15, 0.2) is 12.7 Å². The van der Waals surface area contributed by atoms with Crippen molar-refractivity contribution >= 4 is 0 Å². The summed E-state index contributed by atoms with van der Waals surface area (Å²) in [6.07, 6.45) is 6.85. The van der Waals surface area contributed by atoms with Crippen LogP contribution >= 0.6 is 0 Å². The topological polar surface area (TPSA) is 32.3 Å². The summed E-state index contributed by atoms with van der Waals surface area (Å²) in [5.74, 6) is 0.383. The first kappa shape index (κ1) is 12.7. The molecule has 1 unspecified atom stereocenters. The van der Waals surface area contributed by atoms with Crippen molar-refractivity contribution < 1.29 is 5.11 Å². The molecule has 0 heterocycles. The van der Waals surface area contributed by atoms with Gasteiger partial charge in [-0.3, -0.25) is 0 Å².